The van der Waals surface area contributed by atoms with Crippen molar-refractivity contribution >= 4 is 33.3 Å². The number of aromatic amines is 1. The Morgan fingerprint density at radius 3 is 2.62 bits per heavy atom. The van der Waals surface area contributed by atoms with Crippen LogP contribution in [0.2, 0.25) is 0 Å². The zero-order chi connectivity index (χ0) is 28.7. The van der Waals surface area contributed by atoms with Gasteiger partial charge in [-0.2, -0.15) is 4.31 Å². The Kier molecular flexibility index (Phi) is 7.52. The summed E-state index contributed by atoms with van der Waals surface area (Å²) >= 11 is 0. The van der Waals surface area contributed by atoms with Gasteiger partial charge in [-0.3, -0.25) is 9.69 Å². The number of rotatable bonds is 7. The predicted molar refractivity (Wildman–Crippen MR) is 164 cm³/mol. The van der Waals surface area contributed by atoms with Gasteiger partial charge in [-0.25, -0.2) is 8.42 Å². The lowest BCUT2D eigenvalue weighted by atomic mass is 9.92. The number of benzene rings is 2. The number of fused-ring (bicyclic) bond motifs is 3. The molecule has 0 bridgehead atoms. The molecule has 3 aliphatic heterocycles. The molecule has 0 spiro atoms. The van der Waals surface area contributed by atoms with Gasteiger partial charge in [0, 0.05) is 48.8 Å². The SMILES string of the molecule is O=C1Nc2ccc(S(=O)(=O)N3CCc4ccccc4C3)cc2C1=Cc1[nH]c2c(c1CCCN1CCOCC1)CCCC2. The van der Waals surface area contributed by atoms with E-state index in [2.05, 4.69) is 21.3 Å². The van der Waals surface area contributed by atoms with Crippen LogP contribution < -0.4 is 5.32 Å². The van der Waals surface area contributed by atoms with Crippen LogP contribution in [-0.2, 0) is 51.8 Å². The quantitative estimate of drug-likeness (QED) is 0.401. The van der Waals surface area contributed by atoms with Crippen LogP contribution >= 0.6 is 0 Å². The lowest BCUT2D eigenvalue weighted by Gasteiger charge is -2.28. The molecule has 0 saturated carbocycles. The normalized spacial score (nSPS) is 20.3. The molecule has 2 N–H and O–H groups in total. The van der Waals surface area contributed by atoms with E-state index in [4.69, 9.17) is 4.74 Å². The summed E-state index contributed by atoms with van der Waals surface area (Å²) in [7, 11) is -3.73. The highest BCUT2D eigenvalue weighted by Gasteiger charge is 2.32. The Morgan fingerprint density at radius 2 is 1.76 bits per heavy atom. The second-order valence-electron chi connectivity index (χ2n) is 11.8. The average molecular weight is 587 g/mol. The summed E-state index contributed by atoms with van der Waals surface area (Å²) in [4.78, 5) is 19.6. The summed E-state index contributed by atoms with van der Waals surface area (Å²) < 4.78 is 34.6. The number of carbonyl (C=O) groups excluding carboxylic acids is 1. The number of aromatic nitrogens is 1. The van der Waals surface area contributed by atoms with E-state index in [1.54, 1.807) is 22.5 Å². The Morgan fingerprint density at radius 1 is 0.952 bits per heavy atom. The second-order valence-corrected chi connectivity index (χ2v) is 13.8. The van der Waals surface area contributed by atoms with Crippen LogP contribution in [0.3, 0.4) is 0 Å². The summed E-state index contributed by atoms with van der Waals surface area (Å²) in [6.07, 6.45) is 9.08. The number of morpholine rings is 1. The van der Waals surface area contributed by atoms with Gasteiger partial charge in [-0.15, -0.1) is 0 Å². The molecule has 8 nitrogen and oxygen atoms in total. The summed E-state index contributed by atoms with van der Waals surface area (Å²) in [5.74, 6) is -0.196. The van der Waals surface area contributed by atoms with Crippen LogP contribution in [0.15, 0.2) is 47.4 Å². The molecule has 0 radical (unpaired) electrons. The molecular weight excluding hydrogens is 548 g/mol. The van der Waals surface area contributed by atoms with Gasteiger partial charge in [-0.1, -0.05) is 24.3 Å². The maximum atomic E-state index is 13.8. The van der Waals surface area contributed by atoms with Crippen molar-refractivity contribution in [3.05, 3.63) is 81.7 Å². The zero-order valence-electron chi connectivity index (χ0n) is 24.0. The van der Waals surface area contributed by atoms with Gasteiger partial charge in [0.25, 0.3) is 5.91 Å². The number of nitrogens with zero attached hydrogens (tertiary/aromatic N) is 2. The molecule has 4 aliphatic rings. The van der Waals surface area contributed by atoms with Crippen molar-refractivity contribution in [3.63, 3.8) is 0 Å². The Labute approximate surface area is 247 Å². The fourth-order valence-electron chi connectivity index (χ4n) is 6.93. The van der Waals surface area contributed by atoms with Crippen LogP contribution in [0.1, 0.15) is 58.5 Å². The molecule has 1 aromatic heterocycles. The number of carbonyl (C=O) groups is 1. The average Bonchev–Trinajstić information content (AvgIpc) is 3.53. The number of hydrogen-bond acceptors (Lipinski definition) is 5. The molecule has 9 heteroatoms. The van der Waals surface area contributed by atoms with Gasteiger partial charge in [0.1, 0.15) is 0 Å². The minimum atomic E-state index is -3.73. The third-order valence-corrected chi connectivity index (χ3v) is 11.1. The highest BCUT2D eigenvalue weighted by atomic mass is 32.2. The predicted octanol–water partition coefficient (Wildman–Crippen LogP) is 4.40. The lowest BCUT2D eigenvalue weighted by Crippen LogP contribution is -2.37. The van der Waals surface area contributed by atoms with E-state index in [1.165, 1.54) is 35.2 Å². The number of nitrogens with one attached hydrogen (secondary N) is 2. The number of sulfonamides is 1. The van der Waals surface area contributed by atoms with E-state index in [-0.39, 0.29) is 10.8 Å². The molecule has 1 aliphatic carbocycles. The number of ether oxygens (including phenoxy) is 1. The van der Waals surface area contributed by atoms with Gasteiger partial charge < -0.3 is 15.0 Å². The fraction of sp³-hybridized carbons (Fsp3) is 0.424. The molecule has 3 aromatic rings. The van der Waals surface area contributed by atoms with E-state index in [0.717, 1.165) is 69.8 Å². The maximum absolute atomic E-state index is 13.8. The third kappa shape index (κ3) is 5.24. The first-order chi connectivity index (χ1) is 20.5. The van der Waals surface area contributed by atoms with Crippen molar-refractivity contribution in [2.45, 2.75) is 56.4 Å². The van der Waals surface area contributed by atoms with E-state index < -0.39 is 10.0 Å². The molecule has 1 amide bonds. The first-order valence-corrected chi connectivity index (χ1v) is 16.7. The first kappa shape index (κ1) is 27.6. The molecule has 7 rings (SSSR count). The zero-order valence-corrected chi connectivity index (χ0v) is 24.8. The smallest absolute Gasteiger partial charge is 0.256 e. The lowest BCUT2D eigenvalue weighted by molar-refractivity contribution is -0.110. The standard InChI is InChI=1S/C33H38N4O4S/c38-33-29(21-32-27(26-8-3-4-10-30(26)34-32)9-5-14-36-16-18-41-19-17-36)28-20-25(11-12-31(28)35-33)42(39,40)37-15-13-23-6-1-2-7-24(23)22-37/h1-2,6-7,11-12,20-21,34H,3-5,8-10,13-19,22H2,(H,35,38). The molecule has 2 aromatic carbocycles. The van der Waals surface area contributed by atoms with E-state index in [0.29, 0.717) is 36.3 Å². The minimum absolute atomic E-state index is 0.196. The topological polar surface area (TPSA) is 94.7 Å². The molecule has 220 valence electrons. The maximum Gasteiger partial charge on any atom is 0.256 e. The van der Waals surface area contributed by atoms with Gasteiger partial charge in [-0.05, 0) is 98.0 Å². The number of amides is 1. The minimum Gasteiger partial charge on any atom is -0.379 e. The van der Waals surface area contributed by atoms with Crippen molar-refractivity contribution in [1.29, 1.82) is 0 Å². The number of aryl methyl sites for hydroxylation is 1. The summed E-state index contributed by atoms with van der Waals surface area (Å²) in [6.45, 7) is 5.39. The Hall–Kier alpha value is -3.24. The number of anilines is 1. The number of hydrogen-bond donors (Lipinski definition) is 2. The van der Waals surface area contributed by atoms with Gasteiger partial charge in [0.05, 0.1) is 23.7 Å². The Balaban J connectivity index is 1.18. The summed E-state index contributed by atoms with van der Waals surface area (Å²) in [5, 5.41) is 2.96. The highest BCUT2D eigenvalue weighted by Crippen LogP contribution is 2.38. The van der Waals surface area contributed by atoms with Crippen LogP contribution in [0, 0.1) is 0 Å². The van der Waals surface area contributed by atoms with Crippen LogP contribution in [0.25, 0.3) is 11.6 Å². The largest absolute Gasteiger partial charge is 0.379 e. The highest BCUT2D eigenvalue weighted by molar-refractivity contribution is 7.89. The molecule has 4 heterocycles. The fourth-order valence-corrected chi connectivity index (χ4v) is 8.37. The van der Waals surface area contributed by atoms with Crippen molar-refractivity contribution in [2.75, 3.05) is 44.7 Å². The molecule has 42 heavy (non-hydrogen) atoms. The van der Waals surface area contributed by atoms with E-state index in [1.807, 2.05) is 24.3 Å². The summed E-state index contributed by atoms with van der Waals surface area (Å²) in [6, 6.07) is 13.0. The summed E-state index contributed by atoms with van der Waals surface area (Å²) in [5.41, 5.74) is 9.05. The van der Waals surface area contributed by atoms with Crippen molar-refractivity contribution in [1.82, 2.24) is 14.2 Å². The van der Waals surface area contributed by atoms with Crippen LogP contribution in [-0.4, -0.2) is 67.9 Å². The molecule has 1 fully saturated rings. The van der Waals surface area contributed by atoms with Crippen LogP contribution in [0.4, 0.5) is 5.69 Å². The number of H-pyrrole nitrogens is 1. The Bertz CT molecular complexity index is 1650. The van der Waals surface area contributed by atoms with Gasteiger partial charge in [0.2, 0.25) is 10.0 Å². The molecule has 0 atom stereocenters. The van der Waals surface area contributed by atoms with Crippen molar-refractivity contribution in [2.24, 2.45) is 0 Å². The van der Waals surface area contributed by atoms with E-state index >= 15 is 0 Å². The van der Waals surface area contributed by atoms with Gasteiger partial charge >= 0.3 is 0 Å². The molecule has 0 unspecified atom stereocenters. The monoisotopic (exact) mass is 586 g/mol. The first-order valence-electron chi connectivity index (χ1n) is 15.2. The van der Waals surface area contributed by atoms with E-state index in [9.17, 15) is 13.2 Å². The van der Waals surface area contributed by atoms with Gasteiger partial charge in [0.15, 0.2) is 0 Å². The second kappa shape index (κ2) is 11.4. The van der Waals surface area contributed by atoms with Crippen LogP contribution in [0.5, 0.6) is 0 Å². The third-order valence-electron chi connectivity index (χ3n) is 9.24. The molecule has 1 saturated heterocycles. The van der Waals surface area contributed by atoms with Crippen molar-refractivity contribution in [3.8, 4) is 0 Å². The van der Waals surface area contributed by atoms with Crippen molar-refractivity contribution < 1.29 is 17.9 Å². The molecular formula is C33H38N4O4S.